The molecule has 0 aliphatic carbocycles. The van der Waals surface area contributed by atoms with E-state index in [2.05, 4.69) is 5.32 Å². The summed E-state index contributed by atoms with van der Waals surface area (Å²) in [4.78, 5) is 24.3. The summed E-state index contributed by atoms with van der Waals surface area (Å²) in [5, 5.41) is 12.6. The molecule has 0 bridgehead atoms. The molecule has 0 aromatic heterocycles. The summed E-state index contributed by atoms with van der Waals surface area (Å²) in [6.45, 7) is 3.87. The average Bonchev–Trinajstić information content (AvgIpc) is 2.97. The molecule has 0 saturated carbocycles. The lowest BCUT2D eigenvalue weighted by molar-refractivity contribution is -0.146. The highest BCUT2D eigenvalue weighted by molar-refractivity contribution is 7.89. The van der Waals surface area contributed by atoms with Crippen LogP contribution in [0, 0.1) is 5.41 Å². The zero-order valence-electron chi connectivity index (χ0n) is 18.8. The number of hydrogen-bond donors (Lipinski definition) is 2. The SMILES string of the molecule is CC(C)(Cc1ccc(CN(C2CCCCNC2=O)S(=O)(=O)c2ccc(Cl)cc2)cc1)C(=O)O. The Morgan fingerprint density at radius 1 is 1.09 bits per heavy atom. The van der Waals surface area contributed by atoms with E-state index in [1.54, 1.807) is 38.1 Å². The van der Waals surface area contributed by atoms with Gasteiger partial charge in [-0.1, -0.05) is 35.9 Å². The Kier molecular flexibility index (Phi) is 7.82. The second-order valence-corrected chi connectivity index (χ2v) is 11.3. The van der Waals surface area contributed by atoms with Gasteiger partial charge < -0.3 is 10.4 Å². The van der Waals surface area contributed by atoms with Gasteiger partial charge >= 0.3 is 5.97 Å². The summed E-state index contributed by atoms with van der Waals surface area (Å²) in [6.07, 6.45) is 2.31. The predicted octanol–water partition coefficient (Wildman–Crippen LogP) is 3.85. The minimum atomic E-state index is -3.98. The lowest BCUT2D eigenvalue weighted by Gasteiger charge is -2.29. The van der Waals surface area contributed by atoms with E-state index in [-0.39, 0.29) is 17.3 Å². The van der Waals surface area contributed by atoms with Gasteiger partial charge in [-0.15, -0.1) is 0 Å². The average molecular weight is 493 g/mol. The first kappa shape index (κ1) is 25.2. The third-order valence-corrected chi connectivity index (χ3v) is 7.98. The molecule has 178 valence electrons. The Morgan fingerprint density at radius 2 is 1.70 bits per heavy atom. The van der Waals surface area contributed by atoms with Crippen molar-refractivity contribution in [1.29, 1.82) is 0 Å². The Hall–Kier alpha value is -2.42. The Bertz CT molecular complexity index is 1100. The number of amides is 1. The molecular weight excluding hydrogens is 464 g/mol. The molecule has 1 fully saturated rings. The van der Waals surface area contributed by atoms with Crippen molar-refractivity contribution in [3.05, 3.63) is 64.7 Å². The molecule has 9 heteroatoms. The summed E-state index contributed by atoms with van der Waals surface area (Å²) >= 11 is 5.94. The number of hydrogen-bond acceptors (Lipinski definition) is 4. The van der Waals surface area contributed by atoms with Crippen LogP contribution in [0.25, 0.3) is 0 Å². The molecule has 2 N–H and O–H groups in total. The highest BCUT2D eigenvalue weighted by atomic mass is 35.5. The lowest BCUT2D eigenvalue weighted by atomic mass is 9.86. The largest absolute Gasteiger partial charge is 0.481 e. The highest BCUT2D eigenvalue weighted by Gasteiger charge is 2.36. The Morgan fingerprint density at radius 3 is 2.30 bits per heavy atom. The van der Waals surface area contributed by atoms with Gasteiger partial charge in [-0.05, 0) is 74.9 Å². The lowest BCUT2D eigenvalue weighted by Crippen LogP contribution is -2.48. The summed E-state index contributed by atoms with van der Waals surface area (Å²) in [6, 6.07) is 12.3. The first-order valence-corrected chi connectivity index (χ1v) is 12.7. The van der Waals surface area contributed by atoms with Crippen LogP contribution < -0.4 is 5.32 Å². The molecule has 7 nitrogen and oxygen atoms in total. The minimum Gasteiger partial charge on any atom is -0.481 e. The fourth-order valence-corrected chi connectivity index (χ4v) is 5.56. The van der Waals surface area contributed by atoms with Crippen LogP contribution in [-0.2, 0) is 32.6 Å². The minimum absolute atomic E-state index is 0.0195. The summed E-state index contributed by atoms with van der Waals surface area (Å²) in [5.74, 6) is -1.18. The van der Waals surface area contributed by atoms with Crippen molar-refractivity contribution < 1.29 is 23.1 Å². The number of sulfonamides is 1. The van der Waals surface area contributed by atoms with Crippen molar-refractivity contribution in [2.45, 2.75) is 57.0 Å². The fraction of sp³-hybridized carbons (Fsp3) is 0.417. The molecule has 2 aromatic rings. The van der Waals surface area contributed by atoms with Crippen LogP contribution in [-0.4, -0.2) is 42.3 Å². The number of carboxylic acid groups (broad SMARTS) is 1. The van der Waals surface area contributed by atoms with Crippen LogP contribution in [0.15, 0.2) is 53.4 Å². The second-order valence-electron chi connectivity index (χ2n) is 8.99. The van der Waals surface area contributed by atoms with Gasteiger partial charge in [0.2, 0.25) is 15.9 Å². The van der Waals surface area contributed by atoms with Gasteiger partial charge in [-0.25, -0.2) is 8.42 Å². The maximum atomic E-state index is 13.6. The molecule has 33 heavy (non-hydrogen) atoms. The van der Waals surface area contributed by atoms with Crippen molar-refractivity contribution in [2.75, 3.05) is 6.54 Å². The number of carboxylic acids is 1. The van der Waals surface area contributed by atoms with Crippen molar-refractivity contribution in [3.8, 4) is 0 Å². The van der Waals surface area contributed by atoms with Gasteiger partial charge in [0, 0.05) is 18.1 Å². The molecule has 1 atom stereocenters. The van der Waals surface area contributed by atoms with E-state index in [0.29, 0.717) is 30.0 Å². The van der Waals surface area contributed by atoms with Crippen LogP contribution >= 0.6 is 11.6 Å². The summed E-state index contributed by atoms with van der Waals surface area (Å²) < 4.78 is 28.4. The zero-order valence-corrected chi connectivity index (χ0v) is 20.3. The predicted molar refractivity (Wildman–Crippen MR) is 126 cm³/mol. The van der Waals surface area contributed by atoms with E-state index in [0.717, 1.165) is 18.4 Å². The number of rotatable bonds is 8. The van der Waals surface area contributed by atoms with Gasteiger partial charge in [-0.3, -0.25) is 9.59 Å². The van der Waals surface area contributed by atoms with E-state index < -0.39 is 27.4 Å². The standard InChI is InChI=1S/C24H29ClN2O5S/c1-24(2,23(29)30)15-17-6-8-18(9-7-17)16-27(21-5-3-4-14-26-22(21)28)33(31,32)20-12-10-19(25)11-13-20/h6-13,21H,3-5,14-16H2,1-2H3,(H,26,28)(H,29,30). The summed E-state index contributed by atoms with van der Waals surface area (Å²) in [7, 11) is -3.98. The van der Waals surface area contributed by atoms with Crippen LogP contribution in [0.5, 0.6) is 0 Å². The fourth-order valence-electron chi connectivity index (χ4n) is 3.83. The third kappa shape index (κ3) is 6.13. The maximum Gasteiger partial charge on any atom is 0.309 e. The number of carbonyl (C=O) groups is 2. The molecule has 1 amide bonds. The monoisotopic (exact) mass is 492 g/mol. The van der Waals surface area contributed by atoms with E-state index in [1.165, 1.54) is 28.6 Å². The van der Waals surface area contributed by atoms with Crippen LogP contribution in [0.1, 0.15) is 44.2 Å². The number of aliphatic carboxylic acids is 1. The number of halogens is 1. The van der Waals surface area contributed by atoms with Gasteiger partial charge in [0.05, 0.1) is 10.3 Å². The second kappa shape index (κ2) is 10.2. The van der Waals surface area contributed by atoms with Crippen LogP contribution in [0.2, 0.25) is 5.02 Å². The molecular formula is C24H29ClN2O5S. The number of nitrogens with zero attached hydrogens (tertiary/aromatic N) is 1. The highest BCUT2D eigenvalue weighted by Crippen LogP contribution is 2.27. The topological polar surface area (TPSA) is 104 Å². The number of nitrogens with one attached hydrogen (secondary N) is 1. The molecule has 1 unspecified atom stereocenters. The summed E-state index contributed by atoms with van der Waals surface area (Å²) in [5.41, 5.74) is 0.635. The zero-order chi connectivity index (χ0) is 24.2. The molecule has 1 aliphatic heterocycles. The quantitative estimate of drug-likeness (QED) is 0.582. The third-order valence-electron chi connectivity index (χ3n) is 5.86. The molecule has 0 radical (unpaired) electrons. The van der Waals surface area contributed by atoms with Crippen molar-refractivity contribution in [3.63, 3.8) is 0 Å². The van der Waals surface area contributed by atoms with E-state index in [1.807, 2.05) is 0 Å². The molecule has 2 aromatic carbocycles. The van der Waals surface area contributed by atoms with Crippen LogP contribution in [0.4, 0.5) is 0 Å². The van der Waals surface area contributed by atoms with Gasteiger partial charge in [0.15, 0.2) is 0 Å². The number of carbonyl (C=O) groups excluding carboxylic acids is 1. The first-order chi connectivity index (χ1) is 15.5. The van der Waals surface area contributed by atoms with E-state index >= 15 is 0 Å². The maximum absolute atomic E-state index is 13.6. The Labute approximate surface area is 199 Å². The van der Waals surface area contributed by atoms with Gasteiger partial charge in [0.1, 0.15) is 6.04 Å². The molecule has 1 heterocycles. The molecule has 1 saturated heterocycles. The molecule has 3 rings (SSSR count). The normalized spacial score (nSPS) is 17.5. The van der Waals surface area contributed by atoms with E-state index in [9.17, 15) is 23.1 Å². The van der Waals surface area contributed by atoms with Gasteiger partial charge in [0.25, 0.3) is 0 Å². The first-order valence-electron chi connectivity index (χ1n) is 10.9. The van der Waals surface area contributed by atoms with Crippen molar-refractivity contribution in [1.82, 2.24) is 9.62 Å². The Balaban J connectivity index is 1.92. The van der Waals surface area contributed by atoms with Crippen molar-refractivity contribution >= 4 is 33.5 Å². The molecule has 1 aliphatic rings. The van der Waals surface area contributed by atoms with Crippen molar-refractivity contribution in [2.24, 2.45) is 5.41 Å². The molecule has 0 spiro atoms. The van der Waals surface area contributed by atoms with Gasteiger partial charge in [-0.2, -0.15) is 4.31 Å². The van der Waals surface area contributed by atoms with E-state index in [4.69, 9.17) is 11.6 Å². The number of benzene rings is 2. The smallest absolute Gasteiger partial charge is 0.309 e. The van der Waals surface area contributed by atoms with Crippen LogP contribution in [0.3, 0.4) is 0 Å².